The molecule has 0 spiro atoms. The van der Waals surface area contributed by atoms with E-state index in [2.05, 4.69) is 16.6 Å². The van der Waals surface area contributed by atoms with Crippen molar-refractivity contribution in [3.63, 3.8) is 0 Å². The van der Waals surface area contributed by atoms with Crippen molar-refractivity contribution in [1.29, 1.82) is 5.26 Å². The minimum Gasteiger partial charge on any atom is -0.384 e. The largest absolute Gasteiger partial charge is 0.384 e. The van der Waals surface area contributed by atoms with Crippen LogP contribution in [0.3, 0.4) is 0 Å². The summed E-state index contributed by atoms with van der Waals surface area (Å²) in [7, 11) is -3.67. The van der Waals surface area contributed by atoms with Gasteiger partial charge in [-0.15, -0.1) is 0 Å². The highest BCUT2D eigenvalue weighted by atomic mass is 32.2. The normalized spacial score (nSPS) is 12.1. The van der Waals surface area contributed by atoms with Crippen molar-refractivity contribution in [3.05, 3.63) is 35.4 Å². The van der Waals surface area contributed by atoms with E-state index in [1.807, 2.05) is 0 Å². The third kappa shape index (κ3) is 4.36. The molecular weight excluding hydrogens is 276 g/mol. The first kappa shape index (κ1) is 16.2. The van der Waals surface area contributed by atoms with Gasteiger partial charge in [-0.25, -0.2) is 13.1 Å². The Kier molecular flexibility index (Phi) is 6.20. The molecule has 20 heavy (non-hydrogen) atoms. The molecule has 0 amide bonds. The Bertz CT molecular complexity index is 651. The average molecular weight is 292 g/mol. The molecule has 1 unspecified atom stereocenters. The van der Waals surface area contributed by atoms with Crippen LogP contribution in [0.4, 0.5) is 0 Å². The summed E-state index contributed by atoms with van der Waals surface area (Å²) in [6, 6.07) is 8.81. The molecule has 0 heterocycles. The number of sulfonamides is 1. The maximum absolute atomic E-state index is 11.9. The Labute approximate surface area is 119 Å². The van der Waals surface area contributed by atoms with Crippen molar-refractivity contribution in [1.82, 2.24) is 4.72 Å². The number of nitrogens with one attached hydrogen (secondary N) is 1. The van der Waals surface area contributed by atoms with Gasteiger partial charge in [0.25, 0.3) is 0 Å². The van der Waals surface area contributed by atoms with Gasteiger partial charge in [-0.1, -0.05) is 37.0 Å². The van der Waals surface area contributed by atoms with Gasteiger partial charge in [0.1, 0.15) is 6.61 Å². The fourth-order valence-electron chi connectivity index (χ4n) is 1.59. The number of hydrogen-bond acceptors (Lipinski definition) is 4. The topological polar surface area (TPSA) is 90.2 Å². The van der Waals surface area contributed by atoms with E-state index in [9.17, 15) is 8.42 Å². The first-order valence-electron chi connectivity index (χ1n) is 6.11. The molecule has 2 N–H and O–H groups in total. The van der Waals surface area contributed by atoms with Crippen molar-refractivity contribution in [2.75, 3.05) is 6.61 Å². The molecule has 0 aliphatic rings. The maximum Gasteiger partial charge on any atom is 0.228 e. The van der Waals surface area contributed by atoms with Gasteiger partial charge in [0, 0.05) is 12.1 Å². The number of aliphatic hydroxyl groups excluding tert-OH is 1. The van der Waals surface area contributed by atoms with Gasteiger partial charge in [0.2, 0.25) is 10.0 Å². The SMILES string of the molecule is CCC(C#N)S(=O)(=O)NCc1ccccc1C#CCO. The zero-order chi connectivity index (χ0) is 15.0. The van der Waals surface area contributed by atoms with Gasteiger partial charge in [-0.05, 0) is 18.1 Å². The second-order valence-electron chi connectivity index (χ2n) is 4.01. The van der Waals surface area contributed by atoms with Gasteiger partial charge >= 0.3 is 0 Å². The second kappa shape index (κ2) is 7.66. The number of aliphatic hydroxyl groups is 1. The van der Waals surface area contributed by atoms with Crippen LogP contribution < -0.4 is 4.72 Å². The first-order valence-corrected chi connectivity index (χ1v) is 7.65. The Morgan fingerprint density at radius 1 is 1.40 bits per heavy atom. The van der Waals surface area contributed by atoms with Crippen molar-refractivity contribution in [2.45, 2.75) is 25.1 Å². The van der Waals surface area contributed by atoms with Crippen LogP contribution in [0, 0.1) is 23.2 Å². The Hall–Kier alpha value is -1.86. The fourth-order valence-corrected chi connectivity index (χ4v) is 2.73. The molecule has 1 aromatic carbocycles. The predicted octanol–water partition coefficient (Wildman–Crippen LogP) is 0.752. The lowest BCUT2D eigenvalue weighted by Crippen LogP contribution is -2.32. The third-order valence-electron chi connectivity index (χ3n) is 2.67. The van der Waals surface area contributed by atoms with Crippen LogP contribution in [-0.2, 0) is 16.6 Å². The minimum absolute atomic E-state index is 0.0663. The van der Waals surface area contributed by atoms with E-state index in [0.717, 1.165) is 0 Å². The fraction of sp³-hybridized carbons (Fsp3) is 0.357. The Morgan fingerprint density at radius 3 is 2.70 bits per heavy atom. The summed E-state index contributed by atoms with van der Waals surface area (Å²) in [6.07, 6.45) is 0.234. The summed E-state index contributed by atoms with van der Waals surface area (Å²) in [6.45, 7) is 1.46. The van der Waals surface area contributed by atoms with Crippen LogP contribution in [0.2, 0.25) is 0 Å². The first-order chi connectivity index (χ1) is 9.55. The van der Waals surface area contributed by atoms with Gasteiger partial charge in [-0.3, -0.25) is 0 Å². The smallest absolute Gasteiger partial charge is 0.228 e. The summed E-state index contributed by atoms with van der Waals surface area (Å²) in [5, 5.41) is 16.4. The molecule has 5 nitrogen and oxygen atoms in total. The quantitative estimate of drug-likeness (QED) is 0.784. The summed E-state index contributed by atoms with van der Waals surface area (Å²) in [4.78, 5) is 0. The van der Waals surface area contributed by atoms with Crippen molar-refractivity contribution in [2.24, 2.45) is 0 Å². The third-order valence-corrected chi connectivity index (χ3v) is 4.41. The van der Waals surface area contributed by atoms with E-state index >= 15 is 0 Å². The number of nitrogens with zero attached hydrogens (tertiary/aromatic N) is 1. The number of benzene rings is 1. The minimum atomic E-state index is -3.67. The number of nitriles is 1. The summed E-state index contributed by atoms with van der Waals surface area (Å²) in [5.41, 5.74) is 1.35. The summed E-state index contributed by atoms with van der Waals surface area (Å²) < 4.78 is 26.2. The van der Waals surface area contributed by atoms with Gasteiger partial charge in [0.15, 0.2) is 5.25 Å². The average Bonchev–Trinajstić information content (AvgIpc) is 2.45. The Balaban J connectivity index is 2.88. The molecule has 0 radical (unpaired) electrons. The second-order valence-corrected chi connectivity index (χ2v) is 5.96. The summed E-state index contributed by atoms with van der Waals surface area (Å²) in [5.74, 6) is 5.28. The molecule has 0 fully saturated rings. The highest BCUT2D eigenvalue weighted by Crippen LogP contribution is 2.09. The molecule has 0 aromatic heterocycles. The molecule has 6 heteroatoms. The highest BCUT2D eigenvalue weighted by molar-refractivity contribution is 7.90. The zero-order valence-electron chi connectivity index (χ0n) is 11.1. The standard InChI is InChI=1S/C14H16N2O3S/c1-2-14(10-15)20(18,19)16-11-13-7-4-3-6-12(13)8-5-9-17/h3-4,6-7,14,16-17H,2,9,11H2,1H3. The number of hydrogen-bond donors (Lipinski definition) is 2. The molecule has 1 rings (SSSR count). The lowest BCUT2D eigenvalue weighted by Gasteiger charge is -2.11. The molecule has 0 saturated heterocycles. The van der Waals surface area contributed by atoms with E-state index in [1.165, 1.54) is 0 Å². The van der Waals surface area contributed by atoms with Gasteiger partial charge < -0.3 is 5.11 Å². The van der Waals surface area contributed by atoms with Crippen molar-refractivity contribution in [3.8, 4) is 17.9 Å². The van der Waals surface area contributed by atoms with E-state index in [4.69, 9.17) is 10.4 Å². The molecule has 1 aromatic rings. The lowest BCUT2D eigenvalue weighted by atomic mass is 10.1. The van der Waals surface area contributed by atoms with Crippen LogP contribution in [0.15, 0.2) is 24.3 Å². The predicted molar refractivity (Wildman–Crippen MR) is 75.9 cm³/mol. The van der Waals surface area contributed by atoms with Crippen LogP contribution >= 0.6 is 0 Å². The lowest BCUT2D eigenvalue weighted by molar-refractivity contribution is 0.350. The van der Waals surface area contributed by atoms with Crippen LogP contribution in [-0.4, -0.2) is 25.4 Å². The molecule has 0 aliphatic heterocycles. The van der Waals surface area contributed by atoms with Crippen LogP contribution in [0.25, 0.3) is 0 Å². The van der Waals surface area contributed by atoms with Crippen LogP contribution in [0.5, 0.6) is 0 Å². The van der Waals surface area contributed by atoms with Gasteiger partial charge in [0.05, 0.1) is 6.07 Å². The monoisotopic (exact) mass is 292 g/mol. The van der Waals surface area contributed by atoms with Crippen LogP contribution in [0.1, 0.15) is 24.5 Å². The molecule has 0 saturated carbocycles. The molecule has 0 aliphatic carbocycles. The molecule has 0 bridgehead atoms. The molecule has 1 atom stereocenters. The maximum atomic E-state index is 11.9. The number of rotatable bonds is 5. The zero-order valence-corrected chi connectivity index (χ0v) is 11.9. The van der Waals surface area contributed by atoms with E-state index in [1.54, 1.807) is 37.3 Å². The van der Waals surface area contributed by atoms with E-state index < -0.39 is 15.3 Å². The Morgan fingerprint density at radius 2 is 2.10 bits per heavy atom. The van der Waals surface area contributed by atoms with Crippen molar-refractivity contribution >= 4 is 10.0 Å². The van der Waals surface area contributed by atoms with E-state index in [0.29, 0.717) is 11.1 Å². The summed E-state index contributed by atoms with van der Waals surface area (Å²) >= 11 is 0. The molecular formula is C14H16N2O3S. The molecule has 106 valence electrons. The highest BCUT2D eigenvalue weighted by Gasteiger charge is 2.22. The van der Waals surface area contributed by atoms with E-state index in [-0.39, 0.29) is 19.6 Å². The van der Waals surface area contributed by atoms with Crippen molar-refractivity contribution < 1.29 is 13.5 Å². The van der Waals surface area contributed by atoms with Gasteiger partial charge in [-0.2, -0.15) is 5.26 Å².